The Kier molecular flexibility index (Phi) is 3.37. The Balaban J connectivity index is 3.22. The summed E-state index contributed by atoms with van der Waals surface area (Å²) in [6.45, 7) is -0.363. The Labute approximate surface area is 87.1 Å². The molecule has 1 heterocycles. The number of hydrogen-bond donors (Lipinski definition) is 2. The summed E-state index contributed by atoms with van der Waals surface area (Å²) in [6.07, 6.45) is -2.71. The molecule has 1 aromatic heterocycles. The number of anilines is 1. The van der Waals surface area contributed by atoms with E-state index in [4.69, 9.17) is 10.8 Å². The highest BCUT2D eigenvalue weighted by Gasteiger charge is 2.15. The Hall–Kier alpha value is -0.500. The van der Waals surface area contributed by atoms with Crippen LogP contribution in [0.4, 0.5) is 14.5 Å². The molecule has 0 aliphatic carbocycles. The number of aliphatic hydroxyl groups is 1. The molecule has 1 rings (SSSR count). The number of nitrogen functional groups attached to an aromatic ring is 1. The maximum absolute atomic E-state index is 12.2. The second-order valence-corrected chi connectivity index (χ2v) is 3.51. The van der Waals surface area contributed by atoms with E-state index in [0.717, 1.165) is 0 Å². The van der Waals surface area contributed by atoms with Crippen LogP contribution < -0.4 is 5.73 Å². The first-order chi connectivity index (χ1) is 6.06. The highest BCUT2D eigenvalue weighted by atomic mass is 127. The predicted molar refractivity (Wildman–Crippen MR) is 52.2 cm³/mol. The summed E-state index contributed by atoms with van der Waals surface area (Å²) in [4.78, 5) is 3.56. The minimum absolute atomic E-state index is 0.0448. The van der Waals surface area contributed by atoms with Gasteiger partial charge in [-0.3, -0.25) is 0 Å². The van der Waals surface area contributed by atoms with E-state index in [2.05, 4.69) is 4.98 Å². The first kappa shape index (κ1) is 10.6. The van der Waals surface area contributed by atoms with E-state index in [0.29, 0.717) is 3.57 Å². The zero-order valence-electron chi connectivity index (χ0n) is 6.47. The quantitative estimate of drug-likeness (QED) is 0.817. The van der Waals surface area contributed by atoms with Gasteiger partial charge in [0.1, 0.15) is 5.69 Å². The molecule has 3 nitrogen and oxygen atoms in total. The number of rotatable bonds is 2. The van der Waals surface area contributed by atoms with Crippen molar-refractivity contribution in [3.8, 4) is 0 Å². The molecule has 0 aliphatic rings. The van der Waals surface area contributed by atoms with Crippen LogP contribution in [-0.4, -0.2) is 10.1 Å². The lowest BCUT2D eigenvalue weighted by Crippen LogP contribution is -2.04. The van der Waals surface area contributed by atoms with Gasteiger partial charge >= 0.3 is 0 Å². The normalized spacial score (nSPS) is 10.8. The van der Waals surface area contributed by atoms with Gasteiger partial charge in [0.05, 0.1) is 18.0 Å². The number of nitrogens with two attached hydrogens (primary N) is 1. The lowest BCUT2D eigenvalue weighted by molar-refractivity contribution is 0.146. The monoisotopic (exact) mass is 300 g/mol. The second kappa shape index (κ2) is 4.14. The maximum Gasteiger partial charge on any atom is 0.282 e. The van der Waals surface area contributed by atoms with E-state index >= 15 is 0 Å². The van der Waals surface area contributed by atoms with Crippen molar-refractivity contribution in [2.24, 2.45) is 0 Å². The van der Waals surface area contributed by atoms with E-state index < -0.39 is 12.1 Å². The summed E-state index contributed by atoms with van der Waals surface area (Å²) in [7, 11) is 0. The maximum atomic E-state index is 12.2. The van der Waals surface area contributed by atoms with Gasteiger partial charge in [-0.2, -0.15) is 0 Å². The van der Waals surface area contributed by atoms with E-state index in [9.17, 15) is 8.78 Å². The Bertz CT molecular complexity index is 320. The van der Waals surface area contributed by atoms with Crippen LogP contribution in [0, 0.1) is 3.57 Å². The summed E-state index contributed by atoms with van der Waals surface area (Å²) in [5.74, 6) is 0. The molecule has 0 aliphatic heterocycles. The summed E-state index contributed by atoms with van der Waals surface area (Å²) >= 11 is 1.88. The summed E-state index contributed by atoms with van der Waals surface area (Å²) < 4.78 is 25.1. The van der Waals surface area contributed by atoms with Crippen LogP contribution in [0.15, 0.2) is 6.07 Å². The van der Waals surface area contributed by atoms with Crippen LogP contribution in [0.3, 0.4) is 0 Å². The molecule has 0 fully saturated rings. The minimum Gasteiger partial charge on any atom is -0.397 e. The molecule has 6 heteroatoms. The van der Waals surface area contributed by atoms with Gasteiger partial charge in [0.2, 0.25) is 0 Å². The van der Waals surface area contributed by atoms with E-state index in [1.54, 1.807) is 0 Å². The third-order valence-corrected chi connectivity index (χ3v) is 2.40. The fourth-order valence-electron chi connectivity index (χ4n) is 0.843. The van der Waals surface area contributed by atoms with Crippen LogP contribution >= 0.6 is 22.6 Å². The molecule has 0 unspecified atom stereocenters. The van der Waals surface area contributed by atoms with Crippen molar-refractivity contribution in [2.75, 3.05) is 5.73 Å². The van der Waals surface area contributed by atoms with Crippen molar-refractivity contribution >= 4 is 28.3 Å². The van der Waals surface area contributed by atoms with Gasteiger partial charge in [-0.05, 0) is 28.7 Å². The van der Waals surface area contributed by atoms with Gasteiger partial charge in [-0.25, -0.2) is 13.8 Å². The number of aromatic nitrogens is 1. The molecular weight excluding hydrogens is 293 g/mol. The smallest absolute Gasteiger partial charge is 0.282 e. The van der Waals surface area contributed by atoms with E-state index in [1.807, 2.05) is 22.6 Å². The predicted octanol–water partition coefficient (Wildman–Crippen LogP) is 1.70. The van der Waals surface area contributed by atoms with Crippen LogP contribution in [0.1, 0.15) is 17.8 Å². The Morgan fingerprint density at radius 2 is 2.23 bits per heavy atom. The molecule has 3 N–H and O–H groups in total. The van der Waals surface area contributed by atoms with Crippen molar-refractivity contribution in [1.29, 1.82) is 0 Å². The topological polar surface area (TPSA) is 59.1 Å². The average molecular weight is 300 g/mol. The minimum atomic E-state index is -2.71. The van der Waals surface area contributed by atoms with E-state index in [1.165, 1.54) is 6.07 Å². The Morgan fingerprint density at radius 3 is 2.69 bits per heavy atom. The first-order valence-corrected chi connectivity index (χ1v) is 4.48. The lowest BCUT2D eigenvalue weighted by Gasteiger charge is -2.07. The highest BCUT2D eigenvalue weighted by Crippen LogP contribution is 2.25. The number of hydrogen-bond acceptors (Lipinski definition) is 3. The van der Waals surface area contributed by atoms with Crippen molar-refractivity contribution in [2.45, 2.75) is 13.0 Å². The SMILES string of the molecule is Nc1cc(I)c(CO)nc1C(F)F. The second-order valence-electron chi connectivity index (χ2n) is 2.35. The molecule has 0 amide bonds. The van der Waals surface area contributed by atoms with Crippen LogP contribution in [-0.2, 0) is 6.61 Å². The zero-order chi connectivity index (χ0) is 10.0. The van der Waals surface area contributed by atoms with Crippen LogP contribution in [0.2, 0.25) is 0 Å². The van der Waals surface area contributed by atoms with Gasteiger partial charge in [-0.1, -0.05) is 0 Å². The van der Waals surface area contributed by atoms with Gasteiger partial charge in [0.15, 0.2) is 0 Å². The fraction of sp³-hybridized carbons (Fsp3) is 0.286. The van der Waals surface area contributed by atoms with Crippen LogP contribution in [0.25, 0.3) is 0 Å². The highest BCUT2D eigenvalue weighted by molar-refractivity contribution is 14.1. The lowest BCUT2D eigenvalue weighted by atomic mass is 10.2. The number of aliphatic hydroxyl groups excluding tert-OH is 1. The van der Waals surface area contributed by atoms with Crippen molar-refractivity contribution in [1.82, 2.24) is 4.98 Å². The largest absolute Gasteiger partial charge is 0.397 e. The molecule has 13 heavy (non-hydrogen) atoms. The summed E-state index contributed by atoms with van der Waals surface area (Å²) in [5.41, 5.74) is 5.03. The van der Waals surface area contributed by atoms with Gasteiger partial charge in [-0.15, -0.1) is 0 Å². The molecule has 1 aromatic rings. The number of alkyl halides is 2. The van der Waals surface area contributed by atoms with Crippen molar-refractivity contribution in [3.05, 3.63) is 21.0 Å². The fourth-order valence-corrected chi connectivity index (χ4v) is 1.47. The van der Waals surface area contributed by atoms with Gasteiger partial charge in [0.25, 0.3) is 6.43 Å². The number of pyridine rings is 1. The molecule has 0 spiro atoms. The Morgan fingerprint density at radius 1 is 1.62 bits per heavy atom. The third-order valence-electron chi connectivity index (χ3n) is 1.47. The number of nitrogens with zero attached hydrogens (tertiary/aromatic N) is 1. The molecule has 72 valence electrons. The molecule has 0 saturated heterocycles. The summed E-state index contributed by atoms with van der Waals surface area (Å²) in [5, 5.41) is 8.76. The van der Waals surface area contributed by atoms with Gasteiger partial charge < -0.3 is 10.8 Å². The van der Waals surface area contributed by atoms with E-state index in [-0.39, 0.29) is 18.0 Å². The molecule has 0 radical (unpaired) electrons. The zero-order valence-corrected chi connectivity index (χ0v) is 8.62. The average Bonchev–Trinajstić information content (AvgIpc) is 2.03. The van der Waals surface area contributed by atoms with Crippen molar-refractivity contribution < 1.29 is 13.9 Å². The molecule has 0 saturated carbocycles. The molecular formula is C7H7F2IN2O. The number of halogens is 3. The first-order valence-electron chi connectivity index (χ1n) is 3.40. The van der Waals surface area contributed by atoms with Gasteiger partial charge in [0, 0.05) is 3.57 Å². The standard InChI is InChI=1S/C7H7F2IN2O/c8-7(9)6-4(11)1-3(10)5(2-13)12-6/h1,7,13H,2,11H2. The summed E-state index contributed by atoms with van der Waals surface area (Å²) in [6, 6.07) is 1.38. The molecule has 0 atom stereocenters. The van der Waals surface area contributed by atoms with Crippen LogP contribution in [0.5, 0.6) is 0 Å². The molecule has 0 bridgehead atoms. The van der Waals surface area contributed by atoms with Crippen molar-refractivity contribution in [3.63, 3.8) is 0 Å². The third kappa shape index (κ3) is 2.25. The molecule has 0 aromatic carbocycles.